The van der Waals surface area contributed by atoms with Crippen molar-refractivity contribution in [2.45, 2.75) is 13.0 Å². The Hall–Kier alpha value is -3.80. The van der Waals surface area contributed by atoms with Gasteiger partial charge in [-0.05, 0) is 29.3 Å². The molecule has 0 saturated carbocycles. The van der Waals surface area contributed by atoms with E-state index in [1.54, 1.807) is 12.4 Å². The van der Waals surface area contributed by atoms with E-state index in [4.69, 9.17) is 32.5 Å². The second-order valence-electron chi connectivity index (χ2n) is 6.52. The van der Waals surface area contributed by atoms with Crippen LogP contribution in [0.25, 0.3) is 11.3 Å². The lowest BCUT2D eigenvalue weighted by Gasteiger charge is -2.05. The Bertz CT molecular complexity index is 1240. The highest BCUT2D eigenvalue weighted by molar-refractivity contribution is 7.79. The summed E-state index contributed by atoms with van der Waals surface area (Å²) >= 11 is 0. The third-order valence-corrected chi connectivity index (χ3v) is 4.10. The molecule has 0 saturated heterocycles. The van der Waals surface area contributed by atoms with Crippen LogP contribution in [0.2, 0.25) is 0 Å². The van der Waals surface area contributed by atoms with Gasteiger partial charge in [0, 0.05) is 30.9 Å². The van der Waals surface area contributed by atoms with Gasteiger partial charge >= 0.3 is 10.4 Å². The molecule has 10 nitrogen and oxygen atoms in total. The number of hydrogen-bond acceptors (Lipinski definition) is 8. The van der Waals surface area contributed by atoms with Crippen LogP contribution in [-0.2, 0) is 23.4 Å². The molecular weight excluding hydrogens is 436 g/mol. The minimum atomic E-state index is -4.67. The van der Waals surface area contributed by atoms with E-state index in [0.29, 0.717) is 30.5 Å². The molecule has 4 aromatic rings. The first kappa shape index (κ1) is 22.9. The van der Waals surface area contributed by atoms with E-state index in [0.717, 1.165) is 22.4 Å². The van der Waals surface area contributed by atoms with Crippen LogP contribution in [0.15, 0.2) is 77.6 Å². The maximum atomic E-state index is 8.74. The highest BCUT2D eigenvalue weighted by Crippen LogP contribution is 2.25. The standard InChI is InChI=1S/C21H18N4O2.H2O4S/c22-21-18(4-3-11-24-21)19-13-17(25-27-19)12-15-6-8-16(9-7-15)14-26-20-5-1-2-10-23-20;1-5(2,3)4/h1-11,13H,12,14H2,(H2,22,24);(H2,1,2,3,4). The fourth-order valence-corrected chi connectivity index (χ4v) is 2.70. The Morgan fingerprint density at radius 2 is 1.62 bits per heavy atom. The van der Waals surface area contributed by atoms with Crippen molar-refractivity contribution in [1.29, 1.82) is 0 Å². The van der Waals surface area contributed by atoms with Crippen molar-refractivity contribution in [3.63, 3.8) is 0 Å². The summed E-state index contributed by atoms with van der Waals surface area (Å²) in [7, 11) is -4.67. The van der Waals surface area contributed by atoms with E-state index in [-0.39, 0.29) is 0 Å². The fourth-order valence-electron chi connectivity index (χ4n) is 2.70. The van der Waals surface area contributed by atoms with Crippen LogP contribution in [0.4, 0.5) is 5.82 Å². The van der Waals surface area contributed by atoms with Gasteiger partial charge in [0.25, 0.3) is 0 Å². The van der Waals surface area contributed by atoms with Crippen molar-refractivity contribution >= 4 is 16.2 Å². The van der Waals surface area contributed by atoms with E-state index < -0.39 is 10.4 Å². The zero-order valence-electron chi connectivity index (χ0n) is 16.7. The molecule has 166 valence electrons. The number of aromatic nitrogens is 3. The summed E-state index contributed by atoms with van der Waals surface area (Å²) in [6.45, 7) is 0.478. The number of rotatable bonds is 6. The van der Waals surface area contributed by atoms with Gasteiger partial charge in [0.05, 0.1) is 11.3 Å². The maximum absolute atomic E-state index is 8.74. The van der Waals surface area contributed by atoms with Crippen LogP contribution in [0.1, 0.15) is 16.8 Å². The van der Waals surface area contributed by atoms with E-state index in [9.17, 15) is 0 Å². The van der Waals surface area contributed by atoms with E-state index in [1.165, 1.54) is 0 Å². The first-order valence-electron chi connectivity index (χ1n) is 9.26. The number of nitrogen functional groups attached to an aromatic ring is 1. The van der Waals surface area contributed by atoms with Gasteiger partial charge in [0.2, 0.25) is 5.88 Å². The smallest absolute Gasteiger partial charge is 0.394 e. The topological polar surface area (TPSA) is 162 Å². The van der Waals surface area contributed by atoms with Crippen molar-refractivity contribution in [1.82, 2.24) is 15.1 Å². The van der Waals surface area contributed by atoms with E-state index in [1.807, 2.05) is 48.5 Å². The zero-order valence-corrected chi connectivity index (χ0v) is 17.5. The van der Waals surface area contributed by atoms with E-state index in [2.05, 4.69) is 27.3 Å². The van der Waals surface area contributed by atoms with Crippen molar-refractivity contribution < 1.29 is 26.8 Å². The summed E-state index contributed by atoms with van der Waals surface area (Å²) in [5, 5.41) is 4.14. The van der Waals surface area contributed by atoms with Crippen LogP contribution in [0.3, 0.4) is 0 Å². The molecule has 0 unspecified atom stereocenters. The summed E-state index contributed by atoms with van der Waals surface area (Å²) in [6, 6.07) is 19.4. The average Bonchev–Trinajstić information content (AvgIpc) is 3.21. The third kappa shape index (κ3) is 7.47. The molecule has 3 aromatic heterocycles. The highest BCUT2D eigenvalue weighted by atomic mass is 32.3. The molecule has 4 rings (SSSR count). The summed E-state index contributed by atoms with van der Waals surface area (Å²) in [4.78, 5) is 8.22. The van der Waals surface area contributed by atoms with E-state index >= 15 is 0 Å². The molecule has 1 aromatic carbocycles. The number of hydrogen-bond donors (Lipinski definition) is 3. The summed E-state index contributed by atoms with van der Waals surface area (Å²) in [5.74, 6) is 1.67. The highest BCUT2D eigenvalue weighted by Gasteiger charge is 2.10. The summed E-state index contributed by atoms with van der Waals surface area (Å²) in [6.07, 6.45) is 4.03. The van der Waals surface area contributed by atoms with Gasteiger partial charge in [-0.3, -0.25) is 9.11 Å². The Balaban J connectivity index is 0.000000523. The molecule has 0 aliphatic carbocycles. The molecule has 0 aliphatic rings. The second kappa shape index (κ2) is 10.5. The number of benzene rings is 1. The maximum Gasteiger partial charge on any atom is 0.394 e. The van der Waals surface area contributed by atoms with Crippen molar-refractivity contribution in [2.24, 2.45) is 0 Å². The Kier molecular flexibility index (Phi) is 7.49. The largest absolute Gasteiger partial charge is 0.473 e. The fraction of sp³-hybridized carbons (Fsp3) is 0.0952. The van der Waals surface area contributed by atoms with Gasteiger partial charge in [-0.2, -0.15) is 8.42 Å². The van der Waals surface area contributed by atoms with Gasteiger partial charge in [-0.25, -0.2) is 9.97 Å². The van der Waals surface area contributed by atoms with Gasteiger partial charge in [-0.1, -0.05) is 35.5 Å². The minimum absolute atomic E-state index is 0.428. The molecule has 3 heterocycles. The Labute approximate surface area is 184 Å². The van der Waals surface area contributed by atoms with Gasteiger partial charge in [-0.15, -0.1) is 0 Å². The third-order valence-electron chi connectivity index (χ3n) is 4.10. The Morgan fingerprint density at radius 3 is 2.28 bits per heavy atom. The number of anilines is 1. The predicted octanol–water partition coefficient (Wildman–Crippen LogP) is 3.23. The molecular formula is C21H20N4O6S. The number of ether oxygens (including phenoxy) is 1. The monoisotopic (exact) mass is 456 g/mol. The molecule has 0 fully saturated rings. The van der Waals surface area contributed by atoms with Crippen LogP contribution in [0.5, 0.6) is 5.88 Å². The second-order valence-corrected chi connectivity index (χ2v) is 7.41. The van der Waals surface area contributed by atoms with Crippen LogP contribution >= 0.6 is 0 Å². The molecule has 11 heteroatoms. The minimum Gasteiger partial charge on any atom is -0.473 e. The molecule has 0 radical (unpaired) electrons. The van der Waals surface area contributed by atoms with Crippen molar-refractivity contribution in [3.8, 4) is 17.2 Å². The first-order valence-corrected chi connectivity index (χ1v) is 10.7. The zero-order chi connectivity index (χ0) is 23.0. The summed E-state index contributed by atoms with van der Waals surface area (Å²) < 4.78 is 42.7. The molecule has 0 aliphatic heterocycles. The molecule has 32 heavy (non-hydrogen) atoms. The number of pyridine rings is 2. The SMILES string of the molecule is Nc1ncccc1-c1cc(Cc2ccc(COc3ccccn3)cc2)no1.O=S(=O)(O)O. The number of nitrogens with two attached hydrogens (primary N) is 1. The van der Waals surface area contributed by atoms with Crippen molar-refractivity contribution in [2.75, 3.05) is 5.73 Å². The lowest BCUT2D eigenvalue weighted by Crippen LogP contribution is -1.97. The molecule has 0 bridgehead atoms. The Morgan fingerprint density at radius 1 is 0.938 bits per heavy atom. The lowest BCUT2D eigenvalue weighted by molar-refractivity contribution is 0.294. The normalized spacial score (nSPS) is 10.8. The summed E-state index contributed by atoms with van der Waals surface area (Å²) in [5.41, 5.74) is 9.69. The molecule has 0 spiro atoms. The molecule has 0 atom stereocenters. The average molecular weight is 456 g/mol. The molecule has 4 N–H and O–H groups in total. The van der Waals surface area contributed by atoms with Gasteiger partial charge < -0.3 is 15.0 Å². The van der Waals surface area contributed by atoms with Gasteiger partial charge in [0.1, 0.15) is 12.4 Å². The van der Waals surface area contributed by atoms with Gasteiger partial charge in [0.15, 0.2) is 5.76 Å². The van der Waals surface area contributed by atoms with Crippen molar-refractivity contribution in [3.05, 3.63) is 89.9 Å². The van der Waals surface area contributed by atoms with Crippen LogP contribution in [-0.4, -0.2) is 32.6 Å². The first-order chi connectivity index (χ1) is 15.3. The predicted molar refractivity (Wildman–Crippen MR) is 116 cm³/mol. The lowest BCUT2D eigenvalue weighted by atomic mass is 10.1. The van der Waals surface area contributed by atoms with Crippen LogP contribution in [0, 0.1) is 0 Å². The molecule has 0 amide bonds. The van der Waals surface area contributed by atoms with Crippen LogP contribution < -0.4 is 10.5 Å². The number of nitrogens with zero attached hydrogens (tertiary/aromatic N) is 3. The quantitative estimate of drug-likeness (QED) is 0.367.